The third-order valence-electron chi connectivity index (χ3n) is 3.81. The third-order valence-corrected chi connectivity index (χ3v) is 5.67. The van der Waals surface area contributed by atoms with Gasteiger partial charge in [0.2, 0.25) is 0 Å². The molecule has 0 saturated heterocycles. The van der Waals surface area contributed by atoms with Crippen LogP contribution in [0.3, 0.4) is 0 Å². The summed E-state index contributed by atoms with van der Waals surface area (Å²) in [7, 11) is 0. The van der Waals surface area contributed by atoms with Crippen LogP contribution < -0.4 is 5.32 Å². The maximum Gasteiger partial charge on any atom is 0.257 e. The first-order chi connectivity index (χ1) is 12.6. The Morgan fingerprint density at radius 2 is 1.88 bits per heavy atom. The van der Waals surface area contributed by atoms with Gasteiger partial charge in [-0.15, -0.1) is 11.3 Å². The first-order valence-electron chi connectivity index (χ1n) is 7.83. The summed E-state index contributed by atoms with van der Waals surface area (Å²) in [6, 6.07) is 14.8. The molecule has 1 amide bonds. The molecule has 0 bridgehead atoms. The third kappa shape index (κ3) is 3.14. The van der Waals surface area contributed by atoms with Crippen LogP contribution in [0.25, 0.3) is 21.5 Å². The topological polar surface area (TPSA) is 72.0 Å². The molecule has 2 aromatic carbocycles. The molecule has 0 fully saturated rings. The predicted molar refractivity (Wildman–Crippen MR) is 105 cm³/mol. The minimum absolute atomic E-state index is 0.0760. The van der Waals surface area contributed by atoms with Crippen molar-refractivity contribution in [1.82, 2.24) is 9.97 Å². The van der Waals surface area contributed by atoms with E-state index in [9.17, 15) is 9.59 Å². The van der Waals surface area contributed by atoms with E-state index in [0.29, 0.717) is 21.3 Å². The molecule has 0 saturated carbocycles. The number of carbonyl (C=O) groups excluding carboxylic acids is 2. The van der Waals surface area contributed by atoms with Crippen LogP contribution in [0.4, 0.5) is 5.13 Å². The number of benzene rings is 2. The van der Waals surface area contributed by atoms with Gasteiger partial charge in [-0.1, -0.05) is 41.7 Å². The minimum Gasteiger partial charge on any atom is -0.298 e. The summed E-state index contributed by atoms with van der Waals surface area (Å²) < 4.78 is 0.950. The van der Waals surface area contributed by atoms with E-state index < -0.39 is 0 Å². The van der Waals surface area contributed by atoms with E-state index in [4.69, 9.17) is 0 Å². The number of fused-ring (bicyclic) bond motifs is 1. The summed E-state index contributed by atoms with van der Waals surface area (Å²) in [4.78, 5) is 33.8. The number of nitrogens with zero attached hydrogens (tertiary/aromatic N) is 2. The predicted octanol–water partition coefficient (Wildman–Crippen LogP) is 4.87. The first-order valence-corrected chi connectivity index (χ1v) is 9.53. The van der Waals surface area contributed by atoms with Gasteiger partial charge in [0, 0.05) is 18.1 Å². The van der Waals surface area contributed by atoms with Crippen LogP contribution in [0.5, 0.6) is 0 Å². The zero-order chi connectivity index (χ0) is 18.1. The molecular formula is C19H13N3O2S2. The Labute approximate surface area is 157 Å². The van der Waals surface area contributed by atoms with E-state index in [1.807, 2.05) is 36.4 Å². The minimum atomic E-state index is -0.260. The van der Waals surface area contributed by atoms with Crippen molar-refractivity contribution >= 4 is 49.7 Å². The van der Waals surface area contributed by atoms with E-state index in [0.717, 1.165) is 15.8 Å². The van der Waals surface area contributed by atoms with Gasteiger partial charge in [0.05, 0.1) is 26.3 Å². The fraction of sp³-hybridized carbons (Fsp3) is 0.0526. The Balaban J connectivity index is 1.65. The van der Waals surface area contributed by atoms with Gasteiger partial charge in [0.15, 0.2) is 10.9 Å². The normalized spacial score (nSPS) is 10.8. The highest BCUT2D eigenvalue weighted by Gasteiger charge is 2.18. The maximum atomic E-state index is 12.6. The van der Waals surface area contributed by atoms with Crippen LogP contribution >= 0.6 is 22.7 Å². The number of anilines is 1. The van der Waals surface area contributed by atoms with Crippen molar-refractivity contribution < 1.29 is 9.59 Å². The molecular weight excluding hydrogens is 366 g/mol. The van der Waals surface area contributed by atoms with Crippen LogP contribution in [0.15, 0.2) is 54.0 Å². The van der Waals surface area contributed by atoms with E-state index in [2.05, 4.69) is 15.3 Å². The monoisotopic (exact) mass is 379 g/mol. The van der Waals surface area contributed by atoms with Crippen molar-refractivity contribution in [3.8, 4) is 11.3 Å². The lowest BCUT2D eigenvalue weighted by molar-refractivity contribution is 0.101. The molecule has 26 heavy (non-hydrogen) atoms. The SMILES string of the molecule is CC(=O)c1sc(NC(=O)c2ccc3ncsc3c2)nc1-c1ccccc1. The lowest BCUT2D eigenvalue weighted by atomic mass is 10.1. The van der Waals surface area contributed by atoms with E-state index in [1.54, 1.807) is 17.6 Å². The number of amides is 1. The first kappa shape index (κ1) is 16.6. The van der Waals surface area contributed by atoms with Crippen molar-refractivity contribution in [2.75, 3.05) is 5.32 Å². The van der Waals surface area contributed by atoms with Gasteiger partial charge in [-0.3, -0.25) is 14.9 Å². The van der Waals surface area contributed by atoms with Gasteiger partial charge in [0.25, 0.3) is 5.91 Å². The smallest absolute Gasteiger partial charge is 0.257 e. The lowest BCUT2D eigenvalue weighted by Crippen LogP contribution is -2.11. The molecule has 5 nitrogen and oxygen atoms in total. The van der Waals surface area contributed by atoms with Crippen molar-refractivity contribution in [2.24, 2.45) is 0 Å². The molecule has 0 radical (unpaired) electrons. The number of Topliss-reactive ketones (excluding diaryl/α,β-unsaturated/α-hetero) is 1. The largest absolute Gasteiger partial charge is 0.298 e. The Hall–Kier alpha value is -2.90. The average Bonchev–Trinajstić information content (AvgIpc) is 3.28. The molecule has 7 heteroatoms. The highest BCUT2D eigenvalue weighted by Crippen LogP contribution is 2.32. The van der Waals surface area contributed by atoms with Gasteiger partial charge in [-0.2, -0.15) is 0 Å². The number of rotatable bonds is 4. The molecule has 0 aliphatic rings. The zero-order valence-electron chi connectivity index (χ0n) is 13.7. The number of ketones is 1. The molecule has 0 unspecified atom stereocenters. The summed E-state index contributed by atoms with van der Waals surface area (Å²) in [5.41, 5.74) is 4.59. The summed E-state index contributed by atoms with van der Waals surface area (Å²) in [6.07, 6.45) is 0. The van der Waals surface area contributed by atoms with Crippen LogP contribution in [-0.2, 0) is 0 Å². The quantitative estimate of drug-likeness (QED) is 0.513. The summed E-state index contributed by atoms with van der Waals surface area (Å²) in [5, 5.41) is 3.21. The molecule has 0 aliphatic carbocycles. The van der Waals surface area contributed by atoms with Gasteiger partial charge >= 0.3 is 0 Å². The van der Waals surface area contributed by atoms with Crippen LogP contribution in [0.1, 0.15) is 27.0 Å². The molecule has 0 atom stereocenters. The molecule has 128 valence electrons. The number of carbonyl (C=O) groups is 2. The summed E-state index contributed by atoms with van der Waals surface area (Å²) in [5.74, 6) is -0.336. The molecule has 0 aliphatic heterocycles. The zero-order valence-corrected chi connectivity index (χ0v) is 15.4. The second-order valence-corrected chi connectivity index (χ2v) is 7.49. The van der Waals surface area contributed by atoms with E-state index in [1.165, 1.54) is 29.6 Å². The van der Waals surface area contributed by atoms with Gasteiger partial charge in [-0.25, -0.2) is 9.97 Å². The van der Waals surface area contributed by atoms with E-state index >= 15 is 0 Å². The molecule has 4 aromatic rings. The standard InChI is InChI=1S/C19H13N3O2S2/c1-11(23)17-16(12-5-3-2-4-6-12)21-19(26-17)22-18(24)13-7-8-14-15(9-13)25-10-20-14/h2-10H,1H3,(H,21,22,24). The summed E-state index contributed by atoms with van der Waals surface area (Å²) in [6.45, 7) is 1.50. The van der Waals surface area contributed by atoms with Gasteiger partial charge in [-0.05, 0) is 18.2 Å². The van der Waals surface area contributed by atoms with Crippen LogP contribution in [0.2, 0.25) is 0 Å². The number of thiazole rings is 2. The van der Waals surface area contributed by atoms with E-state index in [-0.39, 0.29) is 11.7 Å². The van der Waals surface area contributed by atoms with Crippen LogP contribution in [-0.4, -0.2) is 21.7 Å². The fourth-order valence-electron chi connectivity index (χ4n) is 2.57. The molecule has 0 spiro atoms. The number of nitrogens with one attached hydrogen (secondary N) is 1. The Bertz CT molecular complexity index is 1120. The number of hydrogen-bond donors (Lipinski definition) is 1. The molecule has 1 N–H and O–H groups in total. The maximum absolute atomic E-state index is 12.6. The highest BCUT2D eigenvalue weighted by atomic mass is 32.1. The second kappa shape index (κ2) is 6.78. The van der Waals surface area contributed by atoms with Crippen LogP contribution in [0, 0.1) is 0 Å². The second-order valence-electron chi connectivity index (χ2n) is 5.61. The number of hydrogen-bond acceptors (Lipinski definition) is 6. The van der Waals surface area contributed by atoms with Gasteiger partial charge in [0.1, 0.15) is 0 Å². The van der Waals surface area contributed by atoms with Crippen molar-refractivity contribution in [3.05, 3.63) is 64.5 Å². The molecule has 2 heterocycles. The Morgan fingerprint density at radius 1 is 1.08 bits per heavy atom. The fourth-order valence-corrected chi connectivity index (χ4v) is 4.16. The molecule has 2 aromatic heterocycles. The molecule has 4 rings (SSSR count). The van der Waals surface area contributed by atoms with Crippen molar-refractivity contribution in [1.29, 1.82) is 0 Å². The average molecular weight is 379 g/mol. The van der Waals surface area contributed by atoms with Gasteiger partial charge < -0.3 is 0 Å². The Kier molecular flexibility index (Phi) is 4.32. The lowest BCUT2D eigenvalue weighted by Gasteiger charge is -2.01. The van der Waals surface area contributed by atoms with Crippen molar-refractivity contribution in [2.45, 2.75) is 6.92 Å². The Morgan fingerprint density at radius 3 is 2.65 bits per heavy atom. The number of aromatic nitrogens is 2. The highest BCUT2D eigenvalue weighted by molar-refractivity contribution is 7.18. The summed E-state index contributed by atoms with van der Waals surface area (Å²) >= 11 is 2.67. The van der Waals surface area contributed by atoms with Crippen molar-refractivity contribution in [3.63, 3.8) is 0 Å².